The standard InChI is InChI=1S/C14H26N2O/c1-10-6-2-5-9-13(10)16-14(17)11-7-3-4-8-12(11)15/h10-13H,2-9,15H2,1H3,(H,16,17). The van der Waals surface area contributed by atoms with Crippen molar-refractivity contribution in [3.8, 4) is 0 Å². The molecule has 17 heavy (non-hydrogen) atoms. The third-order valence-electron chi connectivity index (χ3n) is 4.60. The minimum atomic E-state index is 0.0675. The van der Waals surface area contributed by atoms with E-state index in [-0.39, 0.29) is 17.9 Å². The zero-order valence-electron chi connectivity index (χ0n) is 11.0. The van der Waals surface area contributed by atoms with E-state index >= 15 is 0 Å². The van der Waals surface area contributed by atoms with E-state index in [0.29, 0.717) is 12.0 Å². The largest absolute Gasteiger partial charge is 0.353 e. The van der Waals surface area contributed by atoms with Gasteiger partial charge in [-0.1, -0.05) is 32.6 Å². The smallest absolute Gasteiger partial charge is 0.224 e. The molecule has 3 N–H and O–H groups in total. The Hall–Kier alpha value is -0.570. The van der Waals surface area contributed by atoms with Crippen LogP contribution in [0.3, 0.4) is 0 Å². The molecule has 0 radical (unpaired) electrons. The number of hydrogen-bond donors (Lipinski definition) is 2. The number of carbonyl (C=O) groups excluding carboxylic acids is 1. The molecular formula is C14H26N2O. The van der Waals surface area contributed by atoms with E-state index in [1.807, 2.05) is 0 Å². The van der Waals surface area contributed by atoms with Crippen LogP contribution < -0.4 is 11.1 Å². The number of amides is 1. The molecule has 98 valence electrons. The lowest BCUT2D eigenvalue weighted by molar-refractivity contribution is -0.127. The molecule has 2 saturated carbocycles. The summed E-state index contributed by atoms with van der Waals surface area (Å²) in [6.45, 7) is 2.25. The van der Waals surface area contributed by atoms with Gasteiger partial charge in [-0.05, 0) is 31.6 Å². The molecule has 1 amide bonds. The maximum absolute atomic E-state index is 12.2. The molecule has 0 aromatic rings. The number of rotatable bonds is 2. The van der Waals surface area contributed by atoms with E-state index in [4.69, 9.17) is 5.73 Å². The van der Waals surface area contributed by atoms with E-state index in [2.05, 4.69) is 12.2 Å². The molecule has 2 aliphatic rings. The fourth-order valence-electron chi connectivity index (χ4n) is 3.31. The Labute approximate surface area is 105 Å². The highest BCUT2D eigenvalue weighted by Gasteiger charge is 2.31. The Balaban J connectivity index is 1.86. The second kappa shape index (κ2) is 5.85. The van der Waals surface area contributed by atoms with Crippen LogP contribution in [-0.4, -0.2) is 18.0 Å². The van der Waals surface area contributed by atoms with Gasteiger partial charge in [-0.15, -0.1) is 0 Å². The average molecular weight is 238 g/mol. The molecule has 0 aromatic carbocycles. The fourth-order valence-corrected chi connectivity index (χ4v) is 3.31. The molecule has 2 aliphatic carbocycles. The molecule has 0 bridgehead atoms. The van der Waals surface area contributed by atoms with Crippen molar-refractivity contribution in [2.24, 2.45) is 17.6 Å². The van der Waals surface area contributed by atoms with E-state index in [9.17, 15) is 4.79 Å². The van der Waals surface area contributed by atoms with Crippen molar-refractivity contribution < 1.29 is 4.79 Å². The van der Waals surface area contributed by atoms with Crippen LogP contribution in [-0.2, 0) is 4.79 Å². The van der Waals surface area contributed by atoms with Gasteiger partial charge in [-0.3, -0.25) is 4.79 Å². The normalized spacial score (nSPS) is 38.7. The summed E-state index contributed by atoms with van der Waals surface area (Å²) in [5, 5.41) is 3.25. The summed E-state index contributed by atoms with van der Waals surface area (Å²) in [6.07, 6.45) is 9.31. The lowest BCUT2D eigenvalue weighted by Gasteiger charge is -2.33. The highest BCUT2D eigenvalue weighted by Crippen LogP contribution is 2.26. The Morgan fingerprint density at radius 1 is 1.06 bits per heavy atom. The number of nitrogens with one attached hydrogen (secondary N) is 1. The molecule has 0 aromatic heterocycles. The van der Waals surface area contributed by atoms with Crippen LogP contribution in [0.2, 0.25) is 0 Å². The van der Waals surface area contributed by atoms with Crippen molar-refractivity contribution in [2.45, 2.75) is 70.4 Å². The first kappa shape index (κ1) is 12.9. The maximum atomic E-state index is 12.2. The first-order valence-electron chi connectivity index (χ1n) is 7.24. The second-order valence-corrected chi connectivity index (χ2v) is 5.93. The van der Waals surface area contributed by atoms with Crippen molar-refractivity contribution in [1.29, 1.82) is 0 Å². The monoisotopic (exact) mass is 238 g/mol. The van der Waals surface area contributed by atoms with Gasteiger partial charge < -0.3 is 11.1 Å². The summed E-state index contributed by atoms with van der Waals surface area (Å²) in [7, 11) is 0. The average Bonchev–Trinajstić information content (AvgIpc) is 2.32. The molecule has 0 aliphatic heterocycles. The third kappa shape index (κ3) is 3.21. The van der Waals surface area contributed by atoms with E-state index in [1.165, 1.54) is 25.7 Å². The lowest BCUT2D eigenvalue weighted by atomic mass is 9.82. The van der Waals surface area contributed by atoms with Gasteiger partial charge in [-0.2, -0.15) is 0 Å². The van der Waals surface area contributed by atoms with Gasteiger partial charge >= 0.3 is 0 Å². The van der Waals surface area contributed by atoms with Crippen LogP contribution in [0.4, 0.5) is 0 Å². The third-order valence-corrected chi connectivity index (χ3v) is 4.60. The first-order chi connectivity index (χ1) is 8.18. The van der Waals surface area contributed by atoms with Gasteiger partial charge in [0.2, 0.25) is 5.91 Å². The predicted octanol–water partition coefficient (Wildman–Crippen LogP) is 2.20. The number of nitrogens with two attached hydrogens (primary N) is 1. The Kier molecular flexibility index (Phi) is 4.43. The maximum Gasteiger partial charge on any atom is 0.224 e. The van der Waals surface area contributed by atoms with Crippen molar-refractivity contribution >= 4 is 5.91 Å². The Bertz CT molecular complexity index is 267. The van der Waals surface area contributed by atoms with Gasteiger partial charge in [0, 0.05) is 12.1 Å². The van der Waals surface area contributed by atoms with Gasteiger partial charge in [0.05, 0.1) is 5.92 Å². The zero-order chi connectivity index (χ0) is 12.3. The molecule has 2 fully saturated rings. The Morgan fingerprint density at radius 2 is 1.71 bits per heavy atom. The van der Waals surface area contributed by atoms with E-state index in [1.54, 1.807) is 0 Å². The number of carbonyl (C=O) groups is 1. The zero-order valence-corrected chi connectivity index (χ0v) is 11.0. The van der Waals surface area contributed by atoms with Crippen LogP contribution in [0.15, 0.2) is 0 Å². The summed E-state index contributed by atoms with van der Waals surface area (Å²) in [6, 6.07) is 0.480. The van der Waals surface area contributed by atoms with Gasteiger partial charge in [-0.25, -0.2) is 0 Å². The quantitative estimate of drug-likeness (QED) is 0.775. The van der Waals surface area contributed by atoms with Crippen LogP contribution in [0.5, 0.6) is 0 Å². The minimum absolute atomic E-state index is 0.0675. The highest BCUT2D eigenvalue weighted by molar-refractivity contribution is 5.79. The van der Waals surface area contributed by atoms with Gasteiger partial charge in [0.1, 0.15) is 0 Å². The SMILES string of the molecule is CC1CCCCC1NC(=O)C1CCCCC1N. The van der Waals surface area contributed by atoms with Crippen LogP contribution in [0.1, 0.15) is 58.3 Å². The summed E-state index contributed by atoms with van der Waals surface area (Å²) < 4.78 is 0. The Morgan fingerprint density at radius 3 is 2.41 bits per heavy atom. The molecular weight excluding hydrogens is 212 g/mol. The van der Waals surface area contributed by atoms with E-state index in [0.717, 1.165) is 25.7 Å². The topological polar surface area (TPSA) is 55.1 Å². The molecule has 0 saturated heterocycles. The van der Waals surface area contributed by atoms with Crippen LogP contribution >= 0.6 is 0 Å². The van der Waals surface area contributed by atoms with Crippen molar-refractivity contribution in [3.05, 3.63) is 0 Å². The summed E-state index contributed by atoms with van der Waals surface area (Å²) in [5.41, 5.74) is 6.06. The minimum Gasteiger partial charge on any atom is -0.353 e. The highest BCUT2D eigenvalue weighted by atomic mass is 16.2. The second-order valence-electron chi connectivity index (χ2n) is 5.93. The van der Waals surface area contributed by atoms with Crippen LogP contribution in [0.25, 0.3) is 0 Å². The van der Waals surface area contributed by atoms with Gasteiger partial charge in [0.25, 0.3) is 0 Å². The summed E-state index contributed by atoms with van der Waals surface area (Å²) in [5.74, 6) is 0.918. The molecule has 0 heterocycles. The summed E-state index contributed by atoms with van der Waals surface area (Å²) in [4.78, 5) is 12.2. The fraction of sp³-hybridized carbons (Fsp3) is 0.929. The molecule has 3 heteroatoms. The summed E-state index contributed by atoms with van der Waals surface area (Å²) >= 11 is 0. The van der Waals surface area contributed by atoms with Crippen molar-refractivity contribution in [3.63, 3.8) is 0 Å². The number of hydrogen-bond acceptors (Lipinski definition) is 2. The molecule has 3 nitrogen and oxygen atoms in total. The van der Waals surface area contributed by atoms with Gasteiger partial charge in [0.15, 0.2) is 0 Å². The van der Waals surface area contributed by atoms with E-state index < -0.39 is 0 Å². The predicted molar refractivity (Wildman–Crippen MR) is 69.5 cm³/mol. The molecule has 4 unspecified atom stereocenters. The van der Waals surface area contributed by atoms with Crippen molar-refractivity contribution in [2.75, 3.05) is 0 Å². The lowest BCUT2D eigenvalue weighted by Crippen LogP contribution is -2.49. The molecule has 0 spiro atoms. The molecule has 2 rings (SSSR count). The van der Waals surface area contributed by atoms with Crippen molar-refractivity contribution in [1.82, 2.24) is 5.32 Å². The first-order valence-corrected chi connectivity index (χ1v) is 7.24. The molecule has 4 atom stereocenters. The van der Waals surface area contributed by atoms with Crippen LogP contribution in [0, 0.1) is 11.8 Å².